The average molecular weight is 608 g/mol. The van der Waals surface area contributed by atoms with Crippen LogP contribution < -0.4 is 0 Å². The summed E-state index contributed by atoms with van der Waals surface area (Å²) in [4.78, 5) is 0. The first-order chi connectivity index (χ1) is 17.6. The Labute approximate surface area is 244 Å². The molecule has 0 saturated heterocycles. The molecule has 0 radical (unpaired) electrons. The van der Waals surface area contributed by atoms with E-state index in [1.165, 1.54) is 198 Å². The fourth-order valence-electron chi connectivity index (χ4n) is 5.41. The van der Waals surface area contributed by atoms with Gasteiger partial charge in [-0.15, -0.1) is 0 Å². The van der Waals surface area contributed by atoms with Crippen molar-refractivity contribution >= 4 is 34.4 Å². The SMILES string of the molecule is C[Si](C)(Cl)CCCCCCCCCCCCCCCCCCCCCCCCCCCCCCCBr. The molecule has 0 heterocycles. The van der Waals surface area contributed by atoms with Gasteiger partial charge in [0.1, 0.15) is 7.38 Å². The highest BCUT2D eigenvalue weighted by Gasteiger charge is 2.15. The van der Waals surface area contributed by atoms with Crippen molar-refractivity contribution in [1.29, 1.82) is 0 Å². The van der Waals surface area contributed by atoms with E-state index in [0.29, 0.717) is 0 Å². The minimum Gasteiger partial charge on any atom is -0.168 e. The first-order valence-electron chi connectivity index (χ1n) is 16.8. The van der Waals surface area contributed by atoms with Gasteiger partial charge in [-0.05, 0) is 12.5 Å². The first kappa shape index (κ1) is 37.0. The lowest BCUT2D eigenvalue weighted by molar-refractivity contribution is 0.514. The van der Waals surface area contributed by atoms with E-state index in [9.17, 15) is 0 Å². The third-order valence-corrected chi connectivity index (χ3v) is 10.6. The predicted molar refractivity (Wildman–Crippen MR) is 176 cm³/mol. The quantitative estimate of drug-likeness (QED) is 0.0318. The van der Waals surface area contributed by atoms with E-state index in [-0.39, 0.29) is 0 Å². The van der Waals surface area contributed by atoms with Crippen LogP contribution in [0.15, 0.2) is 0 Å². The van der Waals surface area contributed by atoms with Crippen LogP contribution in [0.2, 0.25) is 19.1 Å². The van der Waals surface area contributed by atoms with Gasteiger partial charge in [0.15, 0.2) is 0 Å². The molecule has 0 aromatic rings. The third-order valence-electron chi connectivity index (χ3n) is 7.90. The van der Waals surface area contributed by atoms with Crippen molar-refractivity contribution in [2.75, 3.05) is 5.33 Å². The second-order valence-electron chi connectivity index (χ2n) is 12.4. The largest absolute Gasteiger partial charge is 0.168 e. The first-order valence-corrected chi connectivity index (χ1v) is 22.2. The van der Waals surface area contributed by atoms with Crippen LogP contribution >= 0.6 is 27.0 Å². The number of rotatable bonds is 31. The van der Waals surface area contributed by atoms with Crippen LogP contribution in [-0.4, -0.2) is 12.7 Å². The zero-order chi connectivity index (χ0) is 26.4. The Kier molecular flexibility index (Phi) is 31.4. The van der Waals surface area contributed by atoms with Crippen molar-refractivity contribution in [3.8, 4) is 0 Å². The molecule has 0 rings (SSSR count). The predicted octanol–water partition coefficient (Wildman–Crippen LogP) is 14.1. The Hall–Kier alpha value is 0.987. The van der Waals surface area contributed by atoms with Crippen molar-refractivity contribution in [3.63, 3.8) is 0 Å². The van der Waals surface area contributed by atoms with Gasteiger partial charge in [0.05, 0.1) is 0 Å². The third kappa shape index (κ3) is 35.0. The van der Waals surface area contributed by atoms with Gasteiger partial charge in [-0.2, -0.15) is 11.1 Å². The minimum atomic E-state index is -1.31. The van der Waals surface area contributed by atoms with Crippen LogP contribution in [0.4, 0.5) is 0 Å². The summed E-state index contributed by atoms with van der Waals surface area (Å²) in [6.45, 7) is 4.55. The van der Waals surface area contributed by atoms with E-state index in [0.717, 1.165) is 0 Å². The van der Waals surface area contributed by atoms with E-state index < -0.39 is 7.38 Å². The van der Waals surface area contributed by atoms with Gasteiger partial charge < -0.3 is 0 Å². The van der Waals surface area contributed by atoms with Gasteiger partial charge in [-0.1, -0.05) is 209 Å². The maximum Gasteiger partial charge on any atom is 0.150 e. The van der Waals surface area contributed by atoms with E-state index in [1.54, 1.807) is 0 Å². The van der Waals surface area contributed by atoms with Crippen molar-refractivity contribution in [1.82, 2.24) is 0 Å². The maximum atomic E-state index is 6.39. The molecule has 0 fully saturated rings. The standard InChI is InChI=1S/C33H68BrClSi/c1-36(2,35)33-31-29-27-25-23-21-19-17-15-13-11-9-7-5-3-4-6-8-10-12-14-16-18-20-22-24-26-28-30-32-34/h3-33H2,1-2H3. The molecular formula is C33H68BrClSi. The highest BCUT2D eigenvalue weighted by atomic mass is 79.9. The van der Waals surface area contributed by atoms with Crippen LogP contribution in [0.3, 0.4) is 0 Å². The summed E-state index contributed by atoms with van der Waals surface area (Å²) in [5.74, 6) is 0. The smallest absolute Gasteiger partial charge is 0.150 e. The number of alkyl halides is 1. The maximum absolute atomic E-state index is 6.39. The molecule has 0 nitrogen and oxygen atoms in total. The Bertz CT molecular complexity index is 396. The molecule has 0 atom stereocenters. The van der Waals surface area contributed by atoms with Crippen LogP contribution in [-0.2, 0) is 0 Å². The van der Waals surface area contributed by atoms with Crippen molar-refractivity contribution in [2.24, 2.45) is 0 Å². The lowest BCUT2D eigenvalue weighted by Crippen LogP contribution is -2.14. The van der Waals surface area contributed by atoms with Crippen LogP contribution in [0.25, 0.3) is 0 Å². The molecular weight excluding hydrogens is 540 g/mol. The van der Waals surface area contributed by atoms with Crippen molar-refractivity contribution in [2.45, 2.75) is 205 Å². The zero-order valence-electron chi connectivity index (χ0n) is 25.2. The Morgan fingerprint density at radius 3 is 0.667 bits per heavy atom. The molecule has 0 aliphatic rings. The number of hydrogen-bond donors (Lipinski definition) is 0. The molecule has 0 bridgehead atoms. The van der Waals surface area contributed by atoms with Crippen LogP contribution in [0, 0.1) is 0 Å². The highest BCUT2D eigenvalue weighted by molar-refractivity contribution is 9.09. The van der Waals surface area contributed by atoms with Gasteiger partial charge in [-0.25, -0.2) is 0 Å². The van der Waals surface area contributed by atoms with Gasteiger partial charge >= 0.3 is 0 Å². The van der Waals surface area contributed by atoms with E-state index in [4.69, 9.17) is 11.1 Å². The number of halogens is 2. The van der Waals surface area contributed by atoms with Crippen LogP contribution in [0.1, 0.15) is 186 Å². The molecule has 3 heteroatoms. The topological polar surface area (TPSA) is 0 Å². The fourth-order valence-corrected chi connectivity index (χ4v) is 7.30. The number of unbranched alkanes of at least 4 members (excludes halogenated alkanes) is 28. The van der Waals surface area contributed by atoms with Gasteiger partial charge in [-0.3, -0.25) is 0 Å². The molecule has 0 aromatic heterocycles. The molecule has 0 amide bonds. The summed E-state index contributed by atoms with van der Waals surface area (Å²) in [5, 5.41) is 1.18. The summed E-state index contributed by atoms with van der Waals surface area (Å²) in [7, 11) is -1.31. The molecule has 0 spiro atoms. The molecule has 0 N–H and O–H groups in total. The Balaban J connectivity index is 3.03. The second kappa shape index (κ2) is 30.5. The number of hydrogen-bond acceptors (Lipinski definition) is 0. The van der Waals surface area contributed by atoms with Crippen LogP contribution in [0.5, 0.6) is 0 Å². The highest BCUT2D eigenvalue weighted by Crippen LogP contribution is 2.20. The molecule has 0 aromatic carbocycles. The normalized spacial score (nSPS) is 12.0. The molecule has 0 aliphatic carbocycles. The summed E-state index contributed by atoms with van der Waals surface area (Å²) < 4.78 is 0. The van der Waals surface area contributed by atoms with E-state index in [1.807, 2.05) is 0 Å². The van der Waals surface area contributed by atoms with E-state index in [2.05, 4.69) is 29.0 Å². The van der Waals surface area contributed by atoms with Gasteiger partial charge in [0.2, 0.25) is 0 Å². The minimum absolute atomic E-state index is 1.18. The second-order valence-corrected chi connectivity index (χ2v) is 20.2. The average Bonchev–Trinajstić information content (AvgIpc) is 2.84. The molecule has 0 saturated carbocycles. The van der Waals surface area contributed by atoms with E-state index >= 15 is 0 Å². The molecule has 0 unspecified atom stereocenters. The fraction of sp³-hybridized carbons (Fsp3) is 1.00. The summed E-state index contributed by atoms with van der Waals surface area (Å²) in [5.41, 5.74) is 0. The monoisotopic (exact) mass is 606 g/mol. The zero-order valence-corrected chi connectivity index (χ0v) is 28.5. The summed E-state index contributed by atoms with van der Waals surface area (Å²) >= 11 is 9.91. The molecule has 218 valence electrons. The van der Waals surface area contributed by atoms with Gasteiger partial charge in [0, 0.05) is 5.33 Å². The van der Waals surface area contributed by atoms with Crippen molar-refractivity contribution < 1.29 is 0 Å². The molecule has 0 aliphatic heterocycles. The summed E-state index contributed by atoms with van der Waals surface area (Å²) in [6.07, 6.45) is 42.4. The lowest BCUT2D eigenvalue weighted by atomic mass is 10.0. The molecule has 36 heavy (non-hydrogen) atoms. The Morgan fingerprint density at radius 1 is 0.333 bits per heavy atom. The lowest BCUT2D eigenvalue weighted by Gasteiger charge is -2.11. The Morgan fingerprint density at radius 2 is 0.500 bits per heavy atom. The van der Waals surface area contributed by atoms with Gasteiger partial charge in [0.25, 0.3) is 0 Å². The van der Waals surface area contributed by atoms with Crippen molar-refractivity contribution in [3.05, 3.63) is 0 Å². The summed E-state index contributed by atoms with van der Waals surface area (Å²) in [6, 6.07) is 1.30.